The summed E-state index contributed by atoms with van der Waals surface area (Å²) in [6.45, 7) is 1.60. The largest absolute Gasteiger partial charge is 0.432 e. The first kappa shape index (κ1) is 27.4. The third-order valence-corrected chi connectivity index (χ3v) is 7.27. The van der Waals surface area contributed by atoms with E-state index in [1.165, 1.54) is 6.07 Å². The standard InChI is InChI=1S/C29H31F3N6O2/c1-18-15-21(4-5-22(18)28(39)37(2)13-9-19-7-10-33-11-8-19)36-26-27-35-17-24(38(27)14-12-34-26)20-3-6-25(23(30)16-20)40-29(31)32/h3-6,12,14-17,19,29,33H,7-11,13H2,1-2H3,(H,34,36). The molecule has 0 aliphatic carbocycles. The van der Waals surface area contributed by atoms with Crippen LogP contribution < -0.4 is 15.4 Å². The minimum Gasteiger partial charge on any atom is -0.432 e. The van der Waals surface area contributed by atoms with Crippen molar-refractivity contribution in [3.63, 3.8) is 0 Å². The number of benzene rings is 2. The molecule has 8 nitrogen and oxygen atoms in total. The molecule has 0 unspecified atom stereocenters. The number of carbonyl (C=O) groups is 1. The van der Waals surface area contributed by atoms with Crippen molar-refractivity contribution in [3.05, 3.63) is 71.9 Å². The van der Waals surface area contributed by atoms with Crippen LogP contribution in [0, 0.1) is 18.7 Å². The van der Waals surface area contributed by atoms with Crippen LogP contribution in [0.3, 0.4) is 0 Å². The Morgan fingerprint density at radius 1 is 1.20 bits per heavy atom. The lowest BCUT2D eigenvalue weighted by atomic mass is 9.94. The van der Waals surface area contributed by atoms with Gasteiger partial charge in [0.1, 0.15) is 0 Å². The van der Waals surface area contributed by atoms with Gasteiger partial charge in [-0.05, 0) is 87.2 Å². The molecule has 0 radical (unpaired) electrons. The van der Waals surface area contributed by atoms with Gasteiger partial charge >= 0.3 is 6.61 Å². The van der Waals surface area contributed by atoms with Crippen LogP contribution in [0.5, 0.6) is 5.75 Å². The fraction of sp³-hybridized carbons (Fsp3) is 0.345. The fourth-order valence-corrected chi connectivity index (χ4v) is 5.04. The Labute approximate surface area is 230 Å². The molecule has 2 aromatic heterocycles. The summed E-state index contributed by atoms with van der Waals surface area (Å²) in [5, 5.41) is 6.63. The minimum absolute atomic E-state index is 0.00619. The third-order valence-electron chi connectivity index (χ3n) is 7.27. The first-order chi connectivity index (χ1) is 19.3. The highest BCUT2D eigenvalue weighted by Crippen LogP contribution is 2.29. The molecular formula is C29H31F3N6O2. The molecule has 3 heterocycles. The van der Waals surface area contributed by atoms with E-state index in [1.54, 1.807) is 27.9 Å². The minimum atomic E-state index is -3.11. The van der Waals surface area contributed by atoms with Crippen molar-refractivity contribution < 1.29 is 22.7 Å². The van der Waals surface area contributed by atoms with E-state index in [1.807, 2.05) is 32.2 Å². The van der Waals surface area contributed by atoms with Gasteiger partial charge in [-0.3, -0.25) is 9.20 Å². The first-order valence-electron chi connectivity index (χ1n) is 13.2. The second kappa shape index (κ2) is 12.0. The van der Waals surface area contributed by atoms with E-state index in [4.69, 9.17) is 0 Å². The van der Waals surface area contributed by atoms with Crippen molar-refractivity contribution in [2.45, 2.75) is 32.8 Å². The van der Waals surface area contributed by atoms with Gasteiger partial charge < -0.3 is 20.3 Å². The molecule has 40 heavy (non-hydrogen) atoms. The van der Waals surface area contributed by atoms with Gasteiger partial charge in [0.05, 0.1) is 11.9 Å². The van der Waals surface area contributed by atoms with Gasteiger partial charge in [-0.2, -0.15) is 8.78 Å². The number of alkyl halides is 2. The second-order valence-electron chi connectivity index (χ2n) is 10.0. The van der Waals surface area contributed by atoms with Gasteiger partial charge in [-0.15, -0.1) is 0 Å². The summed E-state index contributed by atoms with van der Waals surface area (Å²) in [5.41, 5.74) is 3.69. The summed E-state index contributed by atoms with van der Waals surface area (Å²) >= 11 is 0. The van der Waals surface area contributed by atoms with Gasteiger partial charge in [0, 0.05) is 42.8 Å². The van der Waals surface area contributed by atoms with Gasteiger partial charge in [-0.25, -0.2) is 14.4 Å². The molecule has 1 aliphatic heterocycles. The maximum atomic E-state index is 14.3. The van der Waals surface area contributed by atoms with Gasteiger partial charge in [0.15, 0.2) is 23.0 Å². The molecule has 0 bridgehead atoms. The molecule has 1 fully saturated rings. The summed E-state index contributed by atoms with van der Waals surface area (Å²) in [7, 11) is 1.85. The molecule has 2 N–H and O–H groups in total. The topological polar surface area (TPSA) is 83.8 Å². The molecular weight excluding hydrogens is 521 g/mol. The Morgan fingerprint density at radius 3 is 2.73 bits per heavy atom. The Balaban J connectivity index is 1.30. The van der Waals surface area contributed by atoms with Gasteiger partial charge in [-0.1, -0.05) is 0 Å². The predicted octanol–water partition coefficient (Wildman–Crippen LogP) is 5.65. The number of anilines is 2. The summed E-state index contributed by atoms with van der Waals surface area (Å²) < 4.78 is 45.2. The van der Waals surface area contributed by atoms with Crippen molar-refractivity contribution in [1.29, 1.82) is 0 Å². The highest BCUT2D eigenvalue weighted by atomic mass is 19.3. The maximum absolute atomic E-state index is 14.3. The zero-order valence-electron chi connectivity index (χ0n) is 22.3. The average Bonchev–Trinajstić information content (AvgIpc) is 3.38. The number of ether oxygens (including phenoxy) is 1. The normalized spacial score (nSPS) is 14.1. The number of nitrogens with zero attached hydrogens (tertiary/aromatic N) is 4. The summed E-state index contributed by atoms with van der Waals surface area (Å²) in [6.07, 6.45) is 8.12. The van der Waals surface area contributed by atoms with Crippen LogP contribution >= 0.6 is 0 Å². The van der Waals surface area contributed by atoms with Crippen LogP contribution in [0.1, 0.15) is 35.2 Å². The van der Waals surface area contributed by atoms with Crippen molar-refractivity contribution in [2.75, 3.05) is 32.0 Å². The van der Waals surface area contributed by atoms with Crippen LogP contribution in [0.25, 0.3) is 16.9 Å². The number of amides is 1. The smallest absolute Gasteiger partial charge is 0.387 e. The maximum Gasteiger partial charge on any atom is 0.387 e. The van der Waals surface area contributed by atoms with Crippen molar-refractivity contribution in [2.24, 2.45) is 5.92 Å². The molecule has 4 aromatic rings. The van der Waals surface area contributed by atoms with E-state index < -0.39 is 18.2 Å². The Kier molecular flexibility index (Phi) is 8.20. The zero-order chi connectivity index (χ0) is 28.2. The molecule has 0 spiro atoms. The zero-order valence-corrected chi connectivity index (χ0v) is 22.3. The number of piperidine rings is 1. The number of carbonyl (C=O) groups excluding carboxylic acids is 1. The Hall–Kier alpha value is -4.12. The van der Waals surface area contributed by atoms with E-state index in [-0.39, 0.29) is 5.91 Å². The molecule has 11 heteroatoms. The molecule has 0 saturated carbocycles. The third kappa shape index (κ3) is 6.04. The molecule has 210 valence electrons. The van der Waals surface area contributed by atoms with E-state index in [0.29, 0.717) is 34.2 Å². The number of imidazole rings is 1. The lowest BCUT2D eigenvalue weighted by molar-refractivity contribution is -0.0521. The summed E-state index contributed by atoms with van der Waals surface area (Å²) in [5.74, 6) is -0.317. The quantitative estimate of drug-likeness (QED) is 0.279. The number of aromatic nitrogens is 3. The number of aryl methyl sites for hydroxylation is 1. The Morgan fingerprint density at radius 2 is 2.00 bits per heavy atom. The number of fused-ring (bicyclic) bond motifs is 1. The Bertz CT molecular complexity index is 1500. The predicted molar refractivity (Wildman–Crippen MR) is 147 cm³/mol. The lowest BCUT2D eigenvalue weighted by Crippen LogP contribution is -2.32. The average molecular weight is 553 g/mol. The monoisotopic (exact) mass is 552 g/mol. The highest BCUT2D eigenvalue weighted by Gasteiger charge is 2.19. The number of nitrogens with one attached hydrogen (secondary N) is 2. The van der Waals surface area contributed by atoms with Crippen molar-refractivity contribution in [1.82, 2.24) is 24.6 Å². The highest BCUT2D eigenvalue weighted by molar-refractivity contribution is 5.96. The SMILES string of the molecule is Cc1cc(Nc2nccn3c(-c4ccc(OC(F)F)c(F)c4)cnc23)ccc1C(=O)N(C)CCC1CCNCC1. The number of hydrogen-bond acceptors (Lipinski definition) is 6. The van der Waals surface area contributed by atoms with Gasteiger partial charge in [0.25, 0.3) is 5.91 Å². The summed E-state index contributed by atoms with van der Waals surface area (Å²) in [4.78, 5) is 23.8. The molecule has 1 saturated heterocycles. The van der Waals surface area contributed by atoms with Crippen molar-refractivity contribution in [3.8, 4) is 17.0 Å². The van der Waals surface area contributed by atoms with Crippen LogP contribution in [0.4, 0.5) is 24.7 Å². The van der Waals surface area contributed by atoms with E-state index in [0.717, 1.165) is 62.3 Å². The second-order valence-corrected chi connectivity index (χ2v) is 10.0. The molecule has 1 aliphatic rings. The summed E-state index contributed by atoms with van der Waals surface area (Å²) in [6, 6.07) is 9.29. The number of hydrogen-bond donors (Lipinski definition) is 2. The van der Waals surface area contributed by atoms with E-state index in [2.05, 4.69) is 25.3 Å². The van der Waals surface area contributed by atoms with E-state index in [9.17, 15) is 18.0 Å². The van der Waals surface area contributed by atoms with E-state index >= 15 is 0 Å². The molecule has 1 amide bonds. The molecule has 5 rings (SSSR count). The number of halogens is 3. The van der Waals surface area contributed by atoms with Crippen LogP contribution in [-0.2, 0) is 0 Å². The fourth-order valence-electron chi connectivity index (χ4n) is 5.04. The van der Waals surface area contributed by atoms with Crippen LogP contribution in [0.2, 0.25) is 0 Å². The lowest BCUT2D eigenvalue weighted by Gasteiger charge is -2.25. The first-order valence-corrected chi connectivity index (χ1v) is 13.2. The van der Waals surface area contributed by atoms with Crippen LogP contribution in [-0.4, -0.2) is 58.5 Å². The van der Waals surface area contributed by atoms with Crippen molar-refractivity contribution >= 4 is 23.1 Å². The number of rotatable bonds is 9. The van der Waals surface area contributed by atoms with Gasteiger partial charge in [0.2, 0.25) is 0 Å². The molecule has 0 atom stereocenters. The molecule has 2 aromatic carbocycles. The van der Waals surface area contributed by atoms with Crippen LogP contribution in [0.15, 0.2) is 55.0 Å².